The molecular formula is C22H24N4S. The summed E-state index contributed by atoms with van der Waals surface area (Å²) in [6.45, 7) is 8.61. The number of aromatic amines is 1. The van der Waals surface area contributed by atoms with Crippen LogP contribution in [0.1, 0.15) is 38.8 Å². The van der Waals surface area contributed by atoms with Crippen LogP contribution >= 0.6 is 12.2 Å². The smallest absolute Gasteiger partial charge is 0.216 e. The van der Waals surface area contributed by atoms with E-state index in [1.54, 1.807) is 10.9 Å². The molecule has 2 aromatic carbocycles. The lowest BCUT2D eigenvalue weighted by Gasteiger charge is -2.18. The molecule has 1 aromatic heterocycles. The van der Waals surface area contributed by atoms with Crippen LogP contribution in [0.25, 0.3) is 17.5 Å². The summed E-state index contributed by atoms with van der Waals surface area (Å²) in [6.07, 6.45) is 3.87. The number of nitrogens with one attached hydrogen (secondary N) is 1. The van der Waals surface area contributed by atoms with E-state index in [4.69, 9.17) is 12.2 Å². The van der Waals surface area contributed by atoms with Crippen molar-refractivity contribution >= 4 is 24.5 Å². The topological polar surface area (TPSA) is 46.0 Å². The highest BCUT2D eigenvalue weighted by atomic mass is 32.1. The molecular weight excluding hydrogens is 352 g/mol. The predicted octanol–water partition coefficient (Wildman–Crippen LogP) is 5.84. The summed E-state index contributed by atoms with van der Waals surface area (Å²) in [5, 5.41) is 11.7. The Bertz CT molecular complexity index is 1020. The van der Waals surface area contributed by atoms with Crippen LogP contribution in [0.3, 0.4) is 0 Å². The molecule has 5 heteroatoms. The fourth-order valence-corrected chi connectivity index (χ4v) is 2.88. The van der Waals surface area contributed by atoms with Crippen molar-refractivity contribution in [2.24, 2.45) is 5.10 Å². The SMILES string of the molecule is C/C(C=Nn1c(-c2ccc(C(C)(C)C)cc2)n[nH]c1=S)=C\c1ccccc1. The van der Waals surface area contributed by atoms with Gasteiger partial charge in [0.2, 0.25) is 4.77 Å². The van der Waals surface area contributed by atoms with Crippen LogP contribution in [0.2, 0.25) is 0 Å². The Hall–Kier alpha value is -2.79. The molecule has 3 rings (SSSR count). The first kappa shape index (κ1) is 19.0. The van der Waals surface area contributed by atoms with Crippen molar-refractivity contribution in [3.63, 3.8) is 0 Å². The predicted molar refractivity (Wildman–Crippen MR) is 116 cm³/mol. The van der Waals surface area contributed by atoms with E-state index in [0.29, 0.717) is 10.6 Å². The number of benzene rings is 2. The van der Waals surface area contributed by atoms with Crippen LogP contribution in [-0.2, 0) is 5.41 Å². The molecule has 0 saturated carbocycles. The first-order valence-corrected chi connectivity index (χ1v) is 9.31. The van der Waals surface area contributed by atoms with E-state index in [-0.39, 0.29) is 5.41 Å². The zero-order chi connectivity index (χ0) is 19.4. The van der Waals surface area contributed by atoms with Gasteiger partial charge in [0.05, 0.1) is 6.21 Å². The van der Waals surface area contributed by atoms with Gasteiger partial charge in [-0.3, -0.25) is 0 Å². The Morgan fingerprint density at radius 1 is 1.07 bits per heavy atom. The molecule has 0 aliphatic heterocycles. The van der Waals surface area contributed by atoms with Gasteiger partial charge in [-0.1, -0.05) is 81.4 Å². The third kappa shape index (κ3) is 4.68. The fourth-order valence-electron chi connectivity index (χ4n) is 2.70. The van der Waals surface area contributed by atoms with Crippen molar-refractivity contribution in [2.45, 2.75) is 33.1 Å². The third-order valence-corrected chi connectivity index (χ3v) is 4.49. The number of H-pyrrole nitrogens is 1. The number of aromatic nitrogens is 3. The second-order valence-electron chi connectivity index (χ2n) is 7.54. The van der Waals surface area contributed by atoms with Gasteiger partial charge in [-0.05, 0) is 41.3 Å². The largest absolute Gasteiger partial charge is 0.250 e. The van der Waals surface area contributed by atoms with Gasteiger partial charge in [0.25, 0.3) is 0 Å². The van der Waals surface area contributed by atoms with Crippen molar-refractivity contribution in [3.05, 3.63) is 76.1 Å². The normalized spacial score (nSPS) is 12.7. The van der Waals surface area contributed by atoms with E-state index in [1.807, 2.05) is 25.1 Å². The summed E-state index contributed by atoms with van der Waals surface area (Å²) < 4.78 is 2.12. The first-order valence-electron chi connectivity index (χ1n) is 8.90. The summed E-state index contributed by atoms with van der Waals surface area (Å²) in [5.41, 5.74) is 4.52. The summed E-state index contributed by atoms with van der Waals surface area (Å²) in [5.74, 6) is 0.698. The second kappa shape index (κ2) is 7.84. The minimum absolute atomic E-state index is 0.112. The Kier molecular flexibility index (Phi) is 5.51. The van der Waals surface area contributed by atoms with E-state index >= 15 is 0 Å². The molecule has 0 amide bonds. The van der Waals surface area contributed by atoms with Crippen LogP contribution in [0, 0.1) is 4.77 Å². The van der Waals surface area contributed by atoms with Crippen LogP contribution in [-0.4, -0.2) is 21.1 Å². The molecule has 0 radical (unpaired) electrons. The van der Waals surface area contributed by atoms with Crippen molar-refractivity contribution in [1.29, 1.82) is 0 Å². The number of nitrogens with zero attached hydrogens (tertiary/aromatic N) is 3. The molecule has 0 atom stereocenters. The molecule has 0 bridgehead atoms. The lowest BCUT2D eigenvalue weighted by molar-refractivity contribution is 0.590. The lowest BCUT2D eigenvalue weighted by Crippen LogP contribution is -2.10. The minimum Gasteiger partial charge on any atom is -0.250 e. The van der Waals surface area contributed by atoms with Gasteiger partial charge >= 0.3 is 0 Å². The van der Waals surface area contributed by atoms with Crippen LogP contribution < -0.4 is 0 Å². The molecule has 4 nitrogen and oxygen atoms in total. The Labute approximate surface area is 165 Å². The maximum Gasteiger partial charge on any atom is 0.216 e. The summed E-state index contributed by atoms with van der Waals surface area (Å²) in [6, 6.07) is 18.5. The molecule has 0 spiro atoms. The molecule has 1 heterocycles. The number of hydrogen-bond acceptors (Lipinski definition) is 3. The van der Waals surface area contributed by atoms with Gasteiger partial charge in [-0.2, -0.15) is 14.9 Å². The molecule has 0 aliphatic carbocycles. The summed E-state index contributed by atoms with van der Waals surface area (Å²) in [7, 11) is 0. The van der Waals surface area contributed by atoms with Gasteiger partial charge < -0.3 is 0 Å². The second-order valence-corrected chi connectivity index (χ2v) is 7.92. The standard InChI is InChI=1S/C22H24N4S/c1-16(14-17-8-6-5-7-9-17)15-23-26-20(24-25-21(26)27)18-10-12-19(13-11-18)22(2,3)4/h5-15H,1-4H3,(H,25,27)/b16-14+,23-15?. The molecule has 0 saturated heterocycles. The van der Waals surface area contributed by atoms with Crippen LogP contribution in [0.5, 0.6) is 0 Å². The number of rotatable bonds is 4. The highest BCUT2D eigenvalue weighted by Gasteiger charge is 2.14. The Balaban J connectivity index is 1.89. The molecule has 3 aromatic rings. The van der Waals surface area contributed by atoms with Crippen molar-refractivity contribution < 1.29 is 0 Å². The summed E-state index contributed by atoms with van der Waals surface area (Å²) >= 11 is 5.35. The first-order chi connectivity index (χ1) is 12.8. The summed E-state index contributed by atoms with van der Waals surface area (Å²) in [4.78, 5) is 0. The van der Waals surface area contributed by atoms with Crippen molar-refractivity contribution in [3.8, 4) is 11.4 Å². The average molecular weight is 377 g/mol. The van der Waals surface area contributed by atoms with E-state index < -0.39 is 0 Å². The van der Waals surface area contributed by atoms with E-state index in [0.717, 1.165) is 16.7 Å². The van der Waals surface area contributed by atoms with E-state index in [9.17, 15) is 0 Å². The lowest BCUT2D eigenvalue weighted by atomic mass is 9.87. The van der Waals surface area contributed by atoms with Crippen molar-refractivity contribution in [1.82, 2.24) is 14.9 Å². The van der Waals surface area contributed by atoms with Gasteiger partial charge in [0.1, 0.15) is 0 Å². The molecule has 0 unspecified atom stereocenters. The highest BCUT2D eigenvalue weighted by Crippen LogP contribution is 2.25. The molecule has 138 valence electrons. The molecule has 0 fully saturated rings. The van der Waals surface area contributed by atoms with Gasteiger partial charge in [0.15, 0.2) is 5.82 Å². The molecule has 1 N–H and O–H groups in total. The Morgan fingerprint density at radius 2 is 1.74 bits per heavy atom. The monoisotopic (exact) mass is 376 g/mol. The fraction of sp³-hybridized carbons (Fsp3) is 0.227. The quantitative estimate of drug-likeness (QED) is 0.459. The molecule has 0 aliphatic rings. The van der Waals surface area contributed by atoms with Gasteiger partial charge in [-0.25, -0.2) is 5.10 Å². The van der Waals surface area contributed by atoms with Crippen LogP contribution in [0.4, 0.5) is 0 Å². The van der Waals surface area contributed by atoms with Gasteiger partial charge in [0, 0.05) is 5.56 Å². The maximum absolute atomic E-state index is 5.35. The zero-order valence-corrected chi connectivity index (χ0v) is 16.9. The van der Waals surface area contributed by atoms with E-state index in [2.05, 4.69) is 78.5 Å². The van der Waals surface area contributed by atoms with Gasteiger partial charge in [-0.15, -0.1) is 0 Å². The Morgan fingerprint density at radius 3 is 2.37 bits per heavy atom. The third-order valence-electron chi connectivity index (χ3n) is 4.23. The van der Waals surface area contributed by atoms with Crippen molar-refractivity contribution in [2.75, 3.05) is 0 Å². The van der Waals surface area contributed by atoms with E-state index in [1.165, 1.54) is 5.56 Å². The highest BCUT2D eigenvalue weighted by molar-refractivity contribution is 7.71. The number of allylic oxidation sites excluding steroid dienone is 1. The van der Waals surface area contributed by atoms with Crippen LogP contribution in [0.15, 0.2) is 65.3 Å². The molecule has 27 heavy (non-hydrogen) atoms. The zero-order valence-electron chi connectivity index (χ0n) is 16.1. The number of hydrogen-bond donors (Lipinski definition) is 1. The minimum atomic E-state index is 0.112. The average Bonchev–Trinajstić information content (AvgIpc) is 3.01. The maximum atomic E-state index is 5.35.